The van der Waals surface area contributed by atoms with Crippen LogP contribution in [0.1, 0.15) is 44.8 Å². The molecular weight excluding hydrogens is 274 g/mol. The maximum absolute atomic E-state index is 12.3. The average Bonchev–Trinajstić information content (AvgIpc) is 3.07. The molecule has 0 spiro atoms. The fraction of sp³-hybridized carbons (Fsp3) is 0.714. The van der Waals surface area contributed by atoms with E-state index in [2.05, 4.69) is 23.9 Å². The maximum atomic E-state index is 12.3. The van der Waals surface area contributed by atoms with Gasteiger partial charge >= 0.3 is 0 Å². The molecule has 0 aliphatic heterocycles. The minimum absolute atomic E-state index is 0.244. The van der Waals surface area contributed by atoms with Gasteiger partial charge in [-0.1, -0.05) is 12.8 Å². The van der Waals surface area contributed by atoms with E-state index in [1.807, 2.05) is 11.6 Å². The Balaban J connectivity index is 2.10. The predicted octanol–water partition coefficient (Wildman–Crippen LogP) is 1.87. The van der Waals surface area contributed by atoms with Gasteiger partial charge in [-0.2, -0.15) is 0 Å². The summed E-state index contributed by atoms with van der Waals surface area (Å²) in [5, 5.41) is 3.07. The van der Waals surface area contributed by atoms with Crippen LogP contribution < -0.4 is 10.0 Å². The lowest BCUT2D eigenvalue weighted by molar-refractivity contribution is 0.560. The molecule has 0 bridgehead atoms. The van der Waals surface area contributed by atoms with Gasteiger partial charge in [-0.05, 0) is 39.3 Å². The molecule has 0 aromatic carbocycles. The highest BCUT2D eigenvalue weighted by Crippen LogP contribution is 2.31. The van der Waals surface area contributed by atoms with Gasteiger partial charge in [-0.3, -0.25) is 0 Å². The lowest BCUT2D eigenvalue weighted by atomic mass is 10.3. The highest BCUT2D eigenvalue weighted by molar-refractivity contribution is 7.89. The van der Waals surface area contributed by atoms with E-state index < -0.39 is 10.0 Å². The van der Waals surface area contributed by atoms with Crippen molar-refractivity contribution in [3.05, 3.63) is 18.0 Å². The van der Waals surface area contributed by atoms with Crippen molar-refractivity contribution in [3.63, 3.8) is 0 Å². The van der Waals surface area contributed by atoms with Crippen LogP contribution in [0.5, 0.6) is 0 Å². The van der Waals surface area contributed by atoms with Gasteiger partial charge in [-0.15, -0.1) is 0 Å². The minimum atomic E-state index is -3.38. The Kier molecular flexibility index (Phi) is 4.88. The predicted molar refractivity (Wildman–Crippen MR) is 80.1 cm³/mol. The maximum Gasteiger partial charge on any atom is 0.242 e. The average molecular weight is 299 g/mol. The fourth-order valence-corrected chi connectivity index (χ4v) is 3.43. The van der Waals surface area contributed by atoms with Crippen LogP contribution in [0.4, 0.5) is 0 Å². The summed E-state index contributed by atoms with van der Waals surface area (Å²) in [5.41, 5.74) is 0.991. The molecule has 0 amide bonds. The second kappa shape index (κ2) is 6.28. The Morgan fingerprint density at radius 3 is 2.65 bits per heavy atom. The molecule has 114 valence electrons. The second-order valence-corrected chi connectivity index (χ2v) is 7.60. The van der Waals surface area contributed by atoms with E-state index in [1.165, 1.54) is 12.8 Å². The monoisotopic (exact) mass is 299 g/mol. The van der Waals surface area contributed by atoms with Gasteiger partial charge in [0.15, 0.2) is 0 Å². The molecule has 0 atom stereocenters. The third-order valence-electron chi connectivity index (χ3n) is 3.67. The number of nitrogens with one attached hydrogen (secondary N) is 2. The first kappa shape index (κ1) is 15.5. The standard InChI is InChI=1S/C14H25N3O2S/c1-11(2)17-10-14(8-13(17)9-15-3)20(18,19)16-7-6-12-4-5-12/h8,10-12,15-16H,4-7,9H2,1-3H3. The van der Waals surface area contributed by atoms with Crippen molar-refractivity contribution < 1.29 is 8.42 Å². The summed E-state index contributed by atoms with van der Waals surface area (Å²) in [4.78, 5) is 0.368. The minimum Gasteiger partial charge on any atom is -0.346 e. The zero-order valence-electron chi connectivity index (χ0n) is 12.5. The SMILES string of the molecule is CNCc1cc(S(=O)(=O)NCCC2CC2)cn1C(C)C. The first-order valence-corrected chi connectivity index (χ1v) is 8.77. The van der Waals surface area contributed by atoms with E-state index in [0.717, 1.165) is 18.0 Å². The molecule has 6 heteroatoms. The van der Waals surface area contributed by atoms with Crippen LogP contribution in [0, 0.1) is 5.92 Å². The van der Waals surface area contributed by atoms with Crippen molar-refractivity contribution in [2.45, 2.75) is 50.6 Å². The van der Waals surface area contributed by atoms with Crippen molar-refractivity contribution in [1.82, 2.24) is 14.6 Å². The molecule has 1 saturated carbocycles. The third-order valence-corrected chi connectivity index (χ3v) is 5.10. The first-order valence-electron chi connectivity index (χ1n) is 7.29. The molecule has 1 aromatic rings. The van der Waals surface area contributed by atoms with Gasteiger partial charge in [0.2, 0.25) is 10.0 Å². The molecular formula is C14H25N3O2S. The molecule has 0 saturated heterocycles. The molecule has 1 aliphatic carbocycles. The van der Waals surface area contributed by atoms with Gasteiger partial charge in [-0.25, -0.2) is 13.1 Å². The Bertz CT molecular complexity index is 545. The Hall–Kier alpha value is -0.850. The van der Waals surface area contributed by atoms with E-state index >= 15 is 0 Å². The van der Waals surface area contributed by atoms with Crippen molar-refractivity contribution in [3.8, 4) is 0 Å². The van der Waals surface area contributed by atoms with E-state index in [9.17, 15) is 8.42 Å². The molecule has 1 aliphatic rings. The van der Waals surface area contributed by atoms with Gasteiger partial charge in [0.1, 0.15) is 0 Å². The zero-order valence-corrected chi connectivity index (χ0v) is 13.3. The second-order valence-electron chi connectivity index (χ2n) is 5.83. The largest absolute Gasteiger partial charge is 0.346 e. The molecule has 0 radical (unpaired) electrons. The molecule has 5 nitrogen and oxygen atoms in total. The summed E-state index contributed by atoms with van der Waals surface area (Å²) < 4.78 is 29.3. The summed E-state index contributed by atoms with van der Waals surface area (Å²) in [6.45, 7) is 5.31. The number of hydrogen-bond donors (Lipinski definition) is 2. The van der Waals surface area contributed by atoms with Crippen LogP contribution in [0.2, 0.25) is 0 Å². The number of aromatic nitrogens is 1. The lowest BCUT2D eigenvalue weighted by Gasteiger charge is -2.12. The molecule has 1 fully saturated rings. The Morgan fingerprint density at radius 1 is 1.40 bits per heavy atom. The normalized spacial score (nSPS) is 16.0. The van der Waals surface area contributed by atoms with Crippen molar-refractivity contribution in [1.29, 1.82) is 0 Å². The lowest BCUT2D eigenvalue weighted by Crippen LogP contribution is -2.24. The summed E-state index contributed by atoms with van der Waals surface area (Å²) in [7, 11) is -1.52. The van der Waals surface area contributed by atoms with E-state index in [-0.39, 0.29) is 6.04 Å². The number of rotatable bonds is 8. The van der Waals surface area contributed by atoms with Gasteiger partial charge < -0.3 is 9.88 Å². The van der Waals surface area contributed by atoms with Crippen LogP contribution in [0.3, 0.4) is 0 Å². The molecule has 20 heavy (non-hydrogen) atoms. The third kappa shape index (κ3) is 3.84. The van der Waals surface area contributed by atoms with Crippen LogP contribution in [-0.2, 0) is 16.6 Å². The Morgan fingerprint density at radius 2 is 2.10 bits per heavy atom. The summed E-state index contributed by atoms with van der Waals surface area (Å²) in [5.74, 6) is 0.734. The van der Waals surface area contributed by atoms with Crippen LogP contribution in [-0.4, -0.2) is 26.6 Å². The topological polar surface area (TPSA) is 63.1 Å². The van der Waals surface area contributed by atoms with Gasteiger partial charge in [0.25, 0.3) is 0 Å². The summed E-state index contributed by atoms with van der Waals surface area (Å²) in [6, 6.07) is 2.00. The van der Waals surface area contributed by atoms with E-state index in [0.29, 0.717) is 18.0 Å². The van der Waals surface area contributed by atoms with Crippen LogP contribution in [0.15, 0.2) is 17.2 Å². The molecule has 1 aromatic heterocycles. The van der Waals surface area contributed by atoms with Crippen LogP contribution in [0.25, 0.3) is 0 Å². The van der Waals surface area contributed by atoms with Crippen molar-refractivity contribution in [2.24, 2.45) is 5.92 Å². The number of nitrogens with zero attached hydrogens (tertiary/aromatic N) is 1. The fourth-order valence-electron chi connectivity index (χ4n) is 2.33. The molecule has 0 unspecified atom stereocenters. The highest BCUT2D eigenvalue weighted by atomic mass is 32.2. The Labute approximate surface area is 121 Å². The number of sulfonamides is 1. The van der Waals surface area contributed by atoms with E-state index in [1.54, 1.807) is 12.3 Å². The van der Waals surface area contributed by atoms with Crippen LogP contribution >= 0.6 is 0 Å². The van der Waals surface area contributed by atoms with Gasteiger partial charge in [0.05, 0.1) is 4.90 Å². The highest BCUT2D eigenvalue weighted by Gasteiger charge is 2.23. The smallest absolute Gasteiger partial charge is 0.242 e. The summed E-state index contributed by atoms with van der Waals surface area (Å²) >= 11 is 0. The summed E-state index contributed by atoms with van der Waals surface area (Å²) in [6.07, 6.45) is 5.18. The van der Waals surface area contributed by atoms with Crippen molar-refractivity contribution in [2.75, 3.05) is 13.6 Å². The number of hydrogen-bond acceptors (Lipinski definition) is 3. The first-order chi connectivity index (χ1) is 9.44. The molecule has 2 N–H and O–H groups in total. The zero-order chi connectivity index (χ0) is 14.8. The molecule has 1 heterocycles. The molecule has 2 rings (SSSR count). The van der Waals surface area contributed by atoms with E-state index in [4.69, 9.17) is 0 Å². The van der Waals surface area contributed by atoms with Crippen molar-refractivity contribution >= 4 is 10.0 Å². The quantitative estimate of drug-likeness (QED) is 0.770. The van der Waals surface area contributed by atoms with Gasteiger partial charge in [0, 0.05) is 31.0 Å².